The molecule has 5 rings (SSSR count). The van der Waals surface area contributed by atoms with E-state index in [0.717, 1.165) is 12.6 Å². The highest BCUT2D eigenvalue weighted by molar-refractivity contribution is 6.02. The summed E-state index contributed by atoms with van der Waals surface area (Å²) >= 11 is 0. The van der Waals surface area contributed by atoms with Crippen LogP contribution in [0.1, 0.15) is 17.5 Å². The van der Waals surface area contributed by atoms with Crippen LogP contribution in [0.2, 0.25) is 0 Å². The largest absolute Gasteiger partial charge is 0.494 e. The van der Waals surface area contributed by atoms with E-state index in [4.69, 9.17) is 11.3 Å². The van der Waals surface area contributed by atoms with Crippen molar-refractivity contribution in [1.82, 2.24) is 19.4 Å². The van der Waals surface area contributed by atoms with Crippen molar-refractivity contribution in [2.24, 2.45) is 0 Å². The molecule has 0 aliphatic carbocycles. The Balaban J connectivity index is 1.59. The first kappa shape index (κ1) is 31.3. The highest BCUT2D eigenvalue weighted by Crippen LogP contribution is 2.44. The molecule has 0 atom stereocenters. The average Bonchev–Trinajstić information content (AvgIpc) is 3.39. The van der Waals surface area contributed by atoms with Crippen LogP contribution in [-0.4, -0.2) is 66.7 Å². The van der Waals surface area contributed by atoms with Crippen LogP contribution in [0, 0.1) is 6.57 Å². The molecule has 3 heterocycles. The molecule has 13 heteroatoms. The van der Waals surface area contributed by atoms with Crippen LogP contribution in [0.15, 0.2) is 49.3 Å². The molecule has 0 saturated carbocycles. The van der Waals surface area contributed by atoms with Gasteiger partial charge in [0.25, 0.3) is 0 Å². The van der Waals surface area contributed by atoms with Crippen molar-refractivity contribution in [3.63, 3.8) is 0 Å². The third-order valence-corrected chi connectivity index (χ3v) is 7.72. The zero-order valence-electron chi connectivity index (χ0n) is 25.4. The second-order valence-corrected chi connectivity index (χ2v) is 11.0. The molecule has 1 amide bonds. The second kappa shape index (κ2) is 12.5. The first-order valence-electron chi connectivity index (χ1n) is 14.2. The van der Waals surface area contributed by atoms with Gasteiger partial charge in [-0.25, -0.2) is 14.8 Å². The summed E-state index contributed by atoms with van der Waals surface area (Å²) in [6.45, 7) is 13.3. The molecule has 0 bridgehead atoms. The molecule has 0 saturated heterocycles. The van der Waals surface area contributed by atoms with Gasteiger partial charge in [-0.2, -0.15) is 13.2 Å². The third-order valence-electron chi connectivity index (χ3n) is 7.72. The Hall–Kier alpha value is -5.09. The number of amides is 1. The van der Waals surface area contributed by atoms with Gasteiger partial charge in [0.15, 0.2) is 0 Å². The van der Waals surface area contributed by atoms with Crippen molar-refractivity contribution in [3.8, 4) is 17.0 Å². The van der Waals surface area contributed by atoms with Gasteiger partial charge in [0, 0.05) is 56.1 Å². The zero-order valence-corrected chi connectivity index (χ0v) is 25.4. The van der Waals surface area contributed by atoms with Crippen molar-refractivity contribution >= 4 is 45.5 Å². The van der Waals surface area contributed by atoms with E-state index in [0.29, 0.717) is 65.2 Å². The summed E-state index contributed by atoms with van der Waals surface area (Å²) in [5.74, 6) is 0.188. The Morgan fingerprint density at radius 2 is 2.00 bits per heavy atom. The molecular weight excluding hydrogens is 585 g/mol. The number of ether oxygens (including phenoxy) is 1. The van der Waals surface area contributed by atoms with Crippen LogP contribution in [0.3, 0.4) is 0 Å². The lowest BCUT2D eigenvalue weighted by Crippen LogP contribution is -2.29. The summed E-state index contributed by atoms with van der Waals surface area (Å²) in [6.07, 6.45) is 0.727. The van der Waals surface area contributed by atoms with Gasteiger partial charge >= 0.3 is 6.18 Å². The number of benzene rings is 2. The lowest BCUT2D eigenvalue weighted by atomic mass is 9.96. The molecule has 0 radical (unpaired) electrons. The number of halogens is 3. The number of nitrogens with zero attached hydrogens (tertiary/aromatic N) is 6. The molecule has 10 nitrogen and oxygen atoms in total. The predicted molar refractivity (Wildman–Crippen MR) is 169 cm³/mol. The number of rotatable bonds is 10. The van der Waals surface area contributed by atoms with Crippen molar-refractivity contribution in [1.29, 1.82) is 0 Å². The van der Waals surface area contributed by atoms with Crippen LogP contribution in [0.25, 0.3) is 27.0 Å². The van der Waals surface area contributed by atoms with Gasteiger partial charge in [-0.1, -0.05) is 12.6 Å². The van der Waals surface area contributed by atoms with Gasteiger partial charge in [0.2, 0.25) is 17.5 Å². The van der Waals surface area contributed by atoms with Gasteiger partial charge in [0.1, 0.15) is 5.75 Å². The van der Waals surface area contributed by atoms with Crippen molar-refractivity contribution in [2.45, 2.75) is 25.6 Å². The van der Waals surface area contributed by atoms with Crippen LogP contribution in [0.4, 0.5) is 41.9 Å². The van der Waals surface area contributed by atoms with Crippen LogP contribution in [-0.2, 0) is 23.9 Å². The number of anilines is 4. The van der Waals surface area contributed by atoms with Gasteiger partial charge in [-0.3, -0.25) is 4.79 Å². The smallest absolute Gasteiger partial charge is 0.416 e. The lowest BCUT2D eigenvalue weighted by Gasteiger charge is -2.26. The number of carbonyl (C=O) groups is 1. The number of hydrogen-bond acceptors (Lipinski definition) is 7. The minimum atomic E-state index is -4.47. The number of aromatic nitrogens is 3. The molecule has 2 aromatic carbocycles. The Morgan fingerprint density at radius 3 is 2.67 bits per heavy atom. The number of alkyl halides is 3. The van der Waals surface area contributed by atoms with E-state index in [1.54, 1.807) is 18.3 Å². The van der Waals surface area contributed by atoms with Crippen molar-refractivity contribution < 1.29 is 22.7 Å². The molecule has 1 aliphatic rings. The van der Waals surface area contributed by atoms with E-state index in [-0.39, 0.29) is 22.9 Å². The summed E-state index contributed by atoms with van der Waals surface area (Å²) in [5.41, 5.74) is 2.77. The standard InChI is InChI=1S/C32H33F3N8O2/c1-7-28(44)38-23-15-24(27(45-6)16-26(23)42(5)14-13-41(3)4)39-31-37-17-25(36-2)29(40-31)21-18-43-12-8-9-20-22(32(33,34)35)11-10-19(21)30(20)43/h7,10-11,15-18H,1,8-9,12-14H2,3-6H3,(H,38,44)(H,37,39,40). The quantitative estimate of drug-likeness (QED) is 0.155. The average molecular weight is 619 g/mol. The van der Waals surface area contributed by atoms with E-state index in [2.05, 4.69) is 32.0 Å². The van der Waals surface area contributed by atoms with Crippen LogP contribution >= 0.6 is 0 Å². The number of carbonyl (C=O) groups excluding carboxylic acids is 1. The van der Waals surface area contributed by atoms with E-state index in [9.17, 15) is 18.0 Å². The SMILES string of the molecule is [C-]#[N+]c1cnc(Nc2cc(NC(=O)C=C)c(N(C)CCN(C)C)cc2OC)nc1-c1cn2c3c(c(C(F)(F)F)ccc13)CCC2. The van der Waals surface area contributed by atoms with Crippen molar-refractivity contribution in [3.05, 3.63) is 71.9 Å². The van der Waals surface area contributed by atoms with Gasteiger partial charge < -0.3 is 29.7 Å². The zero-order chi connectivity index (χ0) is 32.5. The summed E-state index contributed by atoms with van der Waals surface area (Å²) in [6, 6.07) is 6.04. The van der Waals surface area contributed by atoms with Gasteiger partial charge in [0.05, 0.1) is 47.5 Å². The second-order valence-electron chi connectivity index (χ2n) is 11.0. The fraction of sp³-hybridized carbons (Fsp3) is 0.312. The highest BCUT2D eigenvalue weighted by atomic mass is 19.4. The maximum atomic E-state index is 13.8. The molecule has 4 aromatic rings. The highest BCUT2D eigenvalue weighted by Gasteiger charge is 2.36. The lowest BCUT2D eigenvalue weighted by molar-refractivity contribution is -0.138. The molecule has 0 spiro atoms. The fourth-order valence-electron chi connectivity index (χ4n) is 5.52. The molecule has 234 valence electrons. The molecule has 0 fully saturated rings. The first-order valence-corrected chi connectivity index (χ1v) is 14.2. The molecule has 45 heavy (non-hydrogen) atoms. The Labute approximate surface area is 258 Å². The number of hydrogen-bond donors (Lipinski definition) is 2. The van der Waals surface area contributed by atoms with Crippen molar-refractivity contribution in [2.75, 3.05) is 56.9 Å². The Morgan fingerprint density at radius 1 is 1.22 bits per heavy atom. The van der Waals surface area contributed by atoms with Crippen LogP contribution in [0.5, 0.6) is 5.75 Å². The summed E-state index contributed by atoms with van der Waals surface area (Å²) < 4.78 is 49.0. The van der Waals surface area contributed by atoms with E-state index in [1.165, 1.54) is 25.4 Å². The minimum absolute atomic E-state index is 0.133. The maximum Gasteiger partial charge on any atom is 0.416 e. The van der Waals surface area contributed by atoms with Crippen LogP contribution < -0.4 is 20.3 Å². The predicted octanol–water partition coefficient (Wildman–Crippen LogP) is 6.49. The molecule has 2 N–H and O–H groups in total. The normalized spacial score (nSPS) is 12.6. The minimum Gasteiger partial charge on any atom is -0.494 e. The molecule has 0 unspecified atom stereocenters. The van der Waals surface area contributed by atoms with E-state index in [1.807, 2.05) is 35.5 Å². The molecule has 1 aliphatic heterocycles. The fourth-order valence-corrected chi connectivity index (χ4v) is 5.52. The Kier molecular flexibility index (Phi) is 8.70. The summed E-state index contributed by atoms with van der Waals surface area (Å²) in [4.78, 5) is 29.0. The number of methoxy groups -OCH3 is 1. The third kappa shape index (κ3) is 6.28. The van der Waals surface area contributed by atoms with E-state index >= 15 is 0 Å². The number of likely N-dealkylation sites (N-methyl/N-ethyl adjacent to an activating group) is 2. The summed E-state index contributed by atoms with van der Waals surface area (Å²) in [5, 5.41) is 6.58. The monoisotopic (exact) mass is 618 g/mol. The van der Waals surface area contributed by atoms with Gasteiger partial charge in [-0.15, -0.1) is 0 Å². The number of nitrogens with one attached hydrogen (secondary N) is 2. The topological polar surface area (TPSA) is 91.9 Å². The summed E-state index contributed by atoms with van der Waals surface area (Å²) in [7, 11) is 7.37. The molecule has 2 aromatic heterocycles. The first-order chi connectivity index (χ1) is 21.4. The van der Waals surface area contributed by atoms with E-state index < -0.39 is 17.6 Å². The Bertz CT molecular complexity index is 1820. The maximum absolute atomic E-state index is 13.8. The molecular formula is C32H33F3N8O2. The number of aryl methyl sites for hydroxylation is 2. The van der Waals surface area contributed by atoms with Gasteiger partial charge in [-0.05, 0) is 50.7 Å².